The van der Waals surface area contributed by atoms with Crippen molar-refractivity contribution in [3.63, 3.8) is 0 Å². The summed E-state index contributed by atoms with van der Waals surface area (Å²) in [6.45, 7) is 7.84. The molecule has 0 bridgehead atoms. The van der Waals surface area contributed by atoms with Gasteiger partial charge in [-0.2, -0.15) is 0 Å². The SMILES string of the molecule is CCCNC1(CC(=O)OCC)CCCC(C)CC1. The van der Waals surface area contributed by atoms with E-state index < -0.39 is 0 Å². The Balaban J connectivity index is 2.64. The number of hydrogen-bond acceptors (Lipinski definition) is 3. The molecule has 3 nitrogen and oxygen atoms in total. The summed E-state index contributed by atoms with van der Waals surface area (Å²) in [5, 5.41) is 3.63. The molecule has 3 heteroatoms. The van der Waals surface area contributed by atoms with E-state index in [1.807, 2.05) is 6.92 Å². The highest BCUT2D eigenvalue weighted by atomic mass is 16.5. The molecule has 1 N–H and O–H groups in total. The number of carbonyl (C=O) groups excluding carboxylic acids is 1. The maximum atomic E-state index is 11.8. The van der Waals surface area contributed by atoms with E-state index >= 15 is 0 Å². The monoisotopic (exact) mass is 255 g/mol. The van der Waals surface area contributed by atoms with Crippen LogP contribution in [0.2, 0.25) is 0 Å². The van der Waals surface area contributed by atoms with Gasteiger partial charge in [-0.15, -0.1) is 0 Å². The van der Waals surface area contributed by atoms with E-state index in [4.69, 9.17) is 4.74 Å². The first kappa shape index (κ1) is 15.5. The van der Waals surface area contributed by atoms with Gasteiger partial charge in [0.2, 0.25) is 0 Å². The predicted octanol–water partition coefficient (Wildman–Crippen LogP) is 3.28. The molecular weight excluding hydrogens is 226 g/mol. The highest BCUT2D eigenvalue weighted by Gasteiger charge is 2.34. The molecule has 0 radical (unpaired) electrons. The Hall–Kier alpha value is -0.570. The highest BCUT2D eigenvalue weighted by molar-refractivity contribution is 5.70. The smallest absolute Gasteiger partial charge is 0.307 e. The molecule has 1 rings (SSSR count). The van der Waals surface area contributed by atoms with Crippen molar-refractivity contribution in [3.8, 4) is 0 Å². The molecule has 0 heterocycles. The fraction of sp³-hybridized carbons (Fsp3) is 0.933. The lowest BCUT2D eigenvalue weighted by atomic mass is 9.86. The fourth-order valence-electron chi connectivity index (χ4n) is 2.88. The molecule has 106 valence electrons. The standard InChI is InChI=1S/C15H29NO2/c1-4-11-16-15(12-14(17)18-5-2)9-6-7-13(3)8-10-15/h13,16H,4-12H2,1-3H3. The molecule has 1 saturated carbocycles. The van der Waals surface area contributed by atoms with Gasteiger partial charge in [-0.1, -0.05) is 26.7 Å². The second-order valence-electron chi connectivity index (χ2n) is 5.72. The molecule has 2 atom stereocenters. The Kier molecular flexibility index (Phi) is 6.69. The summed E-state index contributed by atoms with van der Waals surface area (Å²) in [4.78, 5) is 11.8. The third-order valence-corrected chi connectivity index (χ3v) is 4.01. The van der Waals surface area contributed by atoms with Gasteiger partial charge in [-0.25, -0.2) is 0 Å². The van der Waals surface area contributed by atoms with Crippen LogP contribution in [0.4, 0.5) is 0 Å². The Morgan fingerprint density at radius 1 is 1.33 bits per heavy atom. The van der Waals surface area contributed by atoms with E-state index in [9.17, 15) is 4.79 Å². The molecular formula is C15H29NO2. The quantitative estimate of drug-likeness (QED) is 0.585. The van der Waals surface area contributed by atoms with Gasteiger partial charge in [0.15, 0.2) is 0 Å². The van der Waals surface area contributed by atoms with Crippen LogP contribution in [-0.4, -0.2) is 24.7 Å². The first-order valence-electron chi connectivity index (χ1n) is 7.52. The summed E-state index contributed by atoms with van der Waals surface area (Å²) in [6.07, 6.45) is 7.59. The van der Waals surface area contributed by atoms with Gasteiger partial charge in [0.05, 0.1) is 13.0 Å². The molecule has 0 aromatic rings. The Bertz CT molecular complexity index is 251. The van der Waals surface area contributed by atoms with Crippen LogP contribution < -0.4 is 5.32 Å². The highest BCUT2D eigenvalue weighted by Crippen LogP contribution is 2.33. The van der Waals surface area contributed by atoms with Gasteiger partial charge in [0, 0.05) is 5.54 Å². The molecule has 1 aliphatic carbocycles. The summed E-state index contributed by atoms with van der Waals surface area (Å²) < 4.78 is 5.14. The number of carbonyl (C=O) groups is 1. The zero-order chi connectivity index (χ0) is 13.4. The number of hydrogen-bond donors (Lipinski definition) is 1. The van der Waals surface area contributed by atoms with Crippen LogP contribution in [0.15, 0.2) is 0 Å². The Morgan fingerprint density at radius 2 is 2.11 bits per heavy atom. The lowest BCUT2D eigenvalue weighted by molar-refractivity contribution is -0.145. The molecule has 0 aliphatic heterocycles. The molecule has 1 aliphatic rings. The van der Waals surface area contributed by atoms with Crippen molar-refractivity contribution in [2.24, 2.45) is 5.92 Å². The van der Waals surface area contributed by atoms with Crippen LogP contribution >= 0.6 is 0 Å². The third kappa shape index (κ3) is 4.97. The van der Waals surface area contributed by atoms with Gasteiger partial charge in [-0.3, -0.25) is 4.79 Å². The summed E-state index contributed by atoms with van der Waals surface area (Å²) >= 11 is 0. The summed E-state index contributed by atoms with van der Waals surface area (Å²) in [7, 11) is 0. The minimum Gasteiger partial charge on any atom is -0.466 e. The average molecular weight is 255 g/mol. The Labute approximate surface area is 112 Å². The summed E-state index contributed by atoms with van der Waals surface area (Å²) in [6, 6.07) is 0. The van der Waals surface area contributed by atoms with Gasteiger partial charge < -0.3 is 10.1 Å². The summed E-state index contributed by atoms with van der Waals surface area (Å²) in [5.41, 5.74) is -0.00692. The topological polar surface area (TPSA) is 38.3 Å². The van der Waals surface area contributed by atoms with E-state index in [0.29, 0.717) is 13.0 Å². The van der Waals surface area contributed by atoms with Crippen molar-refractivity contribution in [1.29, 1.82) is 0 Å². The number of esters is 1. The van der Waals surface area contributed by atoms with Crippen LogP contribution in [0.1, 0.15) is 65.7 Å². The van der Waals surface area contributed by atoms with Crippen LogP contribution in [0.25, 0.3) is 0 Å². The van der Waals surface area contributed by atoms with Crippen molar-refractivity contribution in [1.82, 2.24) is 5.32 Å². The maximum absolute atomic E-state index is 11.8. The molecule has 0 aromatic carbocycles. The molecule has 0 aromatic heterocycles. The largest absolute Gasteiger partial charge is 0.466 e. The molecule has 18 heavy (non-hydrogen) atoms. The van der Waals surface area contributed by atoms with Crippen molar-refractivity contribution < 1.29 is 9.53 Å². The van der Waals surface area contributed by atoms with E-state index in [0.717, 1.165) is 31.7 Å². The zero-order valence-electron chi connectivity index (χ0n) is 12.3. The maximum Gasteiger partial charge on any atom is 0.307 e. The molecule has 0 spiro atoms. The van der Waals surface area contributed by atoms with Crippen LogP contribution in [0.5, 0.6) is 0 Å². The van der Waals surface area contributed by atoms with Gasteiger partial charge in [-0.05, 0) is 45.1 Å². The number of rotatable bonds is 6. The van der Waals surface area contributed by atoms with E-state index in [1.165, 1.54) is 19.3 Å². The second kappa shape index (κ2) is 7.78. The van der Waals surface area contributed by atoms with Gasteiger partial charge in [0.25, 0.3) is 0 Å². The van der Waals surface area contributed by atoms with Gasteiger partial charge in [0.1, 0.15) is 0 Å². The fourth-order valence-corrected chi connectivity index (χ4v) is 2.88. The van der Waals surface area contributed by atoms with Crippen LogP contribution in [0, 0.1) is 5.92 Å². The van der Waals surface area contributed by atoms with Crippen molar-refractivity contribution in [2.45, 2.75) is 71.3 Å². The molecule has 0 saturated heterocycles. The normalized spacial score (nSPS) is 28.7. The first-order valence-corrected chi connectivity index (χ1v) is 7.52. The van der Waals surface area contributed by atoms with Crippen molar-refractivity contribution >= 4 is 5.97 Å². The lowest BCUT2D eigenvalue weighted by Gasteiger charge is -2.33. The number of nitrogens with one attached hydrogen (secondary N) is 1. The van der Waals surface area contributed by atoms with Crippen LogP contribution in [-0.2, 0) is 9.53 Å². The van der Waals surface area contributed by atoms with Crippen molar-refractivity contribution in [2.75, 3.05) is 13.2 Å². The zero-order valence-corrected chi connectivity index (χ0v) is 12.3. The van der Waals surface area contributed by atoms with E-state index in [2.05, 4.69) is 19.2 Å². The average Bonchev–Trinajstić information content (AvgIpc) is 2.50. The first-order chi connectivity index (χ1) is 8.62. The summed E-state index contributed by atoms with van der Waals surface area (Å²) in [5.74, 6) is 0.744. The third-order valence-electron chi connectivity index (χ3n) is 4.01. The minimum absolute atomic E-state index is 0.00692. The predicted molar refractivity (Wildman–Crippen MR) is 74.5 cm³/mol. The second-order valence-corrected chi connectivity index (χ2v) is 5.72. The van der Waals surface area contributed by atoms with Gasteiger partial charge >= 0.3 is 5.97 Å². The minimum atomic E-state index is -0.0457. The van der Waals surface area contributed by atoms with E-state index in [-0.39, 0.29) is 11.5 Å². The molecule has 0 amide bonds. The number of ether oxygens (including phenoxy) is 1. The van der Waals surface area contributed by atoms with E-state index in [1.54, 1.807) is 0 Å². The lowest BCUT2D eigenvalue weighted by Crippen LogP contribution is -2.47. The molecule has 1 fully saturated rings. The van der Waals surface area contributed by atoms with Crippen LogP contribution in [0.3, 0.4) is 0 Å². The van der Waals surface area contributed by atoms with Crippen molar-refractivity contribution in [3.05, 3.63) is 0 Å². The molecule has 2 unspecified atom stereocenters. The Morgan fingerprint density at radius 3 is 2.78 bits per heavy atom.